The van der Waals surface area contributed by atoms with Crippen molar-refractivity contribution < 1.29 is 14.7 Å². The molecule has 0 aromatic rings. The summed E-state index contributed by atoms with van der Waals surface area (Å²) in [6, 6.07) is 0. The normalized spacial score (nSPS) is 20.9. The Labute approximate surface area is 83.7 Å². The lowest BCUT2D eigenvalue weighted by atomic mass is 9.90. The molecule has 1 aliphatic carbocycles. The second kappa shape index (κ2) is 4.44. The lowest BCUT2D eigenvalue weighted by molar-refractivity contribution is -0.148. The second-order valence-corrected chi connectivity index (χ2v) is 3.98. The van der Waals surface area contributed by atoms with E-state index in [9.17, 15) is 9.59 Å². The number of carbonyl (C=O) groups excluding carboxylic acids is 1. The van der Waals surface area contributed by atoms with Gasteiger partial charge in [-0.1, -0.05) is 25.7 Å². The van der Waals surface area contributed by atoms with Crippen LogP contribution in [0.1, 0.15) is 45.4 Å². The van der Waals surface area contributed by atoms with Gasteiger partial charge in [0.25, 0.3) is 0 Å². The van der Waals surface area contributed by atoms with Crippen molar-refractivity contribution in [1.29, 1.82) is 0 Å². The summed E-state index contributed by atoms with van der Waals surface area (Å²) in [5.74, 6) is -1.15. The molecule has 2 N–H and O–H groups in total. The molecule has 0 aromatic heterocycles. The molecule has 0 saturated heterocycles. The highest BCUT2D eigenvalue weighted by molar-refractivity contribution is 5.85. The third-order valence-electron chi connectivity index (χ3n) is 2.78. The SMILES string of the molecule is CC(=O)NC1(C(=O)O)CCCCCC1. The van der Waals surface area contributed by atoms with Gasteiger partial charge in [-0.3, -0.25) is 4.79 Å². The summed E-state index contributed by atoms with van der Waals surface area (Å²) in [7, 11) is 0. The molecule has 1 fully saturated rings. The van der Waals surface area contributed by atoms with E-state index in [4.69, 9.17) is 5.11 Å². The van der Waals surface area contributed by atoms with Crippen molar-refractivity contribution in [2.75, 3.05) is 0 Å². The van der Waals surface area contributed by atoms with Crippen LogP contribution in [0.15, 0.2) is 0 Å². The van der Waals surface area contributed by atoms with Gasteiger partial charge in [0.15, 0.2) is 0 Å². The Morgan fingerprint density at radius 3 is 2.00 bits per heavy atom. The van der Waals surface area contributed by atoms with E-state index in [1.807, 2.05) is 0 Å². The second-order valence-electron chi connectivity index (χ2n) is 3.98. The van der Waals surface area contributed by atoms with Crippen LogP contribution in [0.2, 0.25) is 0 Å². The maximum atomic E-state index is 11.1. The molecule has 0 heterocycles. The van der Waals surface area contributed by atoms with E-state index in [2.05, 4.69) is 5.32 Å². The fourth-order valence-corrected chi connectivity index (χ4v) is 2.06. The molecule has 4 nitrogen and oxygen atoms in total. The Hall–Kier alpha value is -1.06. The lowest BCUT2D eigenvalue weighted by Crippen LogP contribution is -2.53. The number of carbonyl (C=O) groups is 2. The van der Waals surface area contributed by atoms with Gasteiger partial charge in [0.1, 0.15) is 5.54 Å². The fraction of sp³-hybridized carbons (Fsp3) is 0.800. The summed E-state index contributed by atoms with van der Waals surface area (Å²) in [6.45, 7) is 1.37. The molecule has 14 heavy (non-hydrogen) atoms. The monoisotopic (exact) mass is 199 g/mol. The van der Waals surface area contributed by atoms with Crippen LogP contribution in [-0.2, 0) is 9.59 Å². The highest BCUT2D eigenvalue weighted by atomic mass is 16.4. The standard InChI is InChI=1S/C10H17NO3/c1-8(12)11-10(9(13)14)6-4-2-3-5-7-10/h2-7H2,1H3,(H,11,12)(H,13,14). The number of carboxylic acids is 1. The largest absolute Gasteiger partial charge is 0.480 e. The van der Waals surface area contributed by atoms with Crippen LogP contribution in [-0.4, -0.2) is 22.5 Å². The average molecular weight is 199 g/mol. The van der Waals surface area contributed by atoms with Gasteiger partial charge in [-0.15, -0.1) is 0 Å². The molecule has 80 valence electrons. The van der Waals surface area contributed by atoms with Crippen LogP contribution in [0.25, 0.3) is 0 Å². The summed E-state index contributed by atoms with van der Waals surface area (Å²) >= 11 is 0. The molecule has 0 radical (unpaired) electrons. The third-order valence-corrected chi connectivity index (χ3v) is 2.78. The molecule has 4 heteroatoms. The first-order valence-corrected chi connectivity index (χ1v) is 5.09. The number of carboxylic acid groups (broad SMARTS) is 1. The Balaban J connectivity index is 2.77. The summed E-state index contributed by atoms with van der Waals surface area (Å²) in [4.78, 5) is 22.1. The van der Waals surface area contributed by atoms with Gasteiger partial charge in [-0.25, -0.2) is 4.79 Å². The van der Waals surface area contributed by atoms with E-state index < -0.39 is 11.5 Å². The quantitative estimate of drug-likeness (QED) is 0.659. The maximum Gasteiger partial charge on any atom is 0.329 e. The zero-order valence-electron chi connectivity index (χ0n) is 8.51. The Kier molecular flexibility index (Phi) is 3.49. The Morgan fingerprint density at radius 1 is 1.14 bits per heavy atom. The highest BCUT2D eigenvalue weighted by Gasteiger charge is 2.39. The van der Waals surface area contributed by atoms with Gasteiger partial charge in [-0.05, 0) is 12.8 Å². The molecule has 1 saturated carbocycles. The molecular formula is C10H17NO3. The number of nitrogens with one attached hydrogen (secondary N) is 1. The fourth-order valence-electron chi connectivity index (χ4n) is 2.06. The van der Waals surface area contributed by atoms with Gasteiger partial charge in [0.05, 0.1) is 0 Å². The molecule has 0 aromatic carbocycles. The first-order valence-electron chi connectivity index (χ1n) is 5.09. The molecule has 0 unspecified atom stereocenters. The van der Waals surface area contributed by atoms with Crippen LogP contribution in [0.3, 0.4) is 0 Å². The Morgan fingerprint density at radius 2 is 1.64 bits per heavy atom. The summed E-state index contributed by atoms with van der Waals surface area (Å²) in [5, 5.41) is 11.7. The molecule has 0 atom stereocenters. The van der Waals surface area contributed by atoms with Crippen LogP contribution in [0, 0.1) is 0 Å². The van der Waals surface area contributed by atoms with Crippen molar-refractivity contribution in [3.8, 4) is 0 Å². The van der Waals surface area contributed by atoms with Crippen LogP contribution < -0.4 is 5.32 Å². The minimum absolute atomic E-state index is 0.255. The molecule has 1 amide bonds. The van der Waals surface area contributed by atoms with Crippen LogP contribution >= 0.6 is 0 Å². The number of hydrogen-bond donors (Lipinski definition) is 2. The highest BCUT2D eigenvalue weighted by Crippen LogP contribution is 2.27. The van der Waals surface area contributed by atoms with E-state index in [0.29, 0.717) is 12.8 Å². The Bertz CT molecular complexity index is 230. The van der Waals surface area contributed by atoms with Gasteiger partial charge in [0, 0.05) is 6.92 Å². The van der Waals surface area contributed by atoms with Gasteiger partial charge < -0.3 is 10.4 Å². The number of amides is 1. The summed E-state index contributed by atoms with van der Waals surface area (Å²) in [6.07, 6.45) is 5.01. The number of rotatable bonds is 2. The van der Waals surface area contributed by atoms with Crippen molar-refractivity contribution in [2.45, 2.75) is 51.0 Å². The predicted molar refractivity (Wildman–Crippen MR) is 51.9 cm³/mol. The average Bonchev–Trinajstić information content (AvgIpc) is 2.29. The van der Waals surface area contributed by atoms with Gasteiger partial charge in [-0.2, -0.15) is 0 Å². The smallest absolute Gasteiger partial charge is 0.329 e. The van der Waals surface area contributed by atoms with E-state index in [-0.39, 0.29) is 5.91 Å². The summed E-state index contributed by atoms with van der Waals surface area (Å²) < 4.78 is 0. The van der Waals surface area contributed by atoms with E-state index in [0.717, 1.165) is 25.7 Å². The zero-order valence-corrected chi connectivity index (χ0v) is 8.51. The van der Waals surface area contributed by atoms with Gasteiger partial charge in [0.2, 0.25) is 5.91 Å². The molecule has 1 aliphatic rings. The van der Waals surface area contributed by atoms with E-state index in [1.165, 1.54) is 6.92 Å². The van der Waals surface area contributed by atoms with Crippen LogP contribution in [0.4, 0.5) is 0 Å². The number of aliphatic carboxylic acids is 1. The van der Waals surface area contributed by atoms with E-state index in [1.54, 1.807) is 0 Å². The van der Waals surface area contributed by atoms with Crippen molar-refractivity contribution in [2.24, 2.45) is 0 Å². The summed E-state index contributed by atoms with van der Waals surface area (Å²) in [5.41, 5.74) is -0.998. The van der Waals surface area contributed by atoms with Crippen molar-refractivity contribution in [3.63, 3.8) is 0 Å². The topological polar surface area (TPSA) is 66.4 Å². The predicted octanol–water partition coefficient (Wildman–Crippen LogP) is 1.30. The third kappa shape index (κ3) is 2.47. The van der Waals surface area contributed by atoms with Crippen molar-refractivity contribution in [3.05, 3.63) is 0 Å². The minimum Gasteiger partial charge on any atom is -0.480 e. The minimum atomic E-state index is -0.998. The molecule has 0 bridgehead atoms. The van der Waals surface area contributed by atoms with Crippen LogP contribution in [0.5, 0.6) is 0 Å². The van der Waals surface area contributed by atoms with E-state index >= 15 is 0 Å². The van der Waals surface area contributed by atoms with Gasteiger partial charge >= 0.3 is 5.97 Å². The first-order chi connectivity index (χ1) is 6.57. The van der Waals surface area contributed by atoms with Crippen molar-refractivity contribution >= 4 is 11.9 Å². The molecule has 0 aliphatic heterocycles. The lowest BCUT2D eigenvalue weighted by Gasteiger charge is -2.28. The zero-order chi connectivity index (χ0) is 10.6. The maximum absolute atomic E-state index is 11.1. The molecule has 1 rings (SSSR count). The van der Waals surface area contributed by atoms with Crippen molar-refractivity contribution in [1.82, 2.24) is 5.32 Å². The molecular weight excluding hydrogens is 182 g/mol. The molecule has 0 spiro atoms. The number of hydrogen-bond acceptors (Lipinski definition) is 2. The first kappa shape index (κ1) is 11.0.